The van der Waals surface area contributed by atoms with Crippen LogP contribution in [0.1, 0.15) is 21.5 Å². The van der Waals surface area contributed by atoms with E-state index in [0.29, 0.717) is 24.1 Å². The smallest absolute Gasteiger partial charge is 0.314 e. The minimum absolute atomic E-state index is 0.203. The molecule has 0 aromatic heterocycles. The van der Waals surface area contributed by atoms with E-state index < -0.39 is 17.8 Å². The van der Waals surface area contributed by atoms with Gasteiger partial charge in [0.1, 0.15) is 11.6 Å². The predicted molar refractivity (Wildman–Crippen MR) is 95.0 cm³/mol. The monoisotopic (exact) mass is 361 g/mol. The van der Waals surface area contributed by atoms with E-state index in [0.717, 1.165) is 0 Å². The number of nitrogens with one attached hydrogen (secondary N) is 3. The molecule has 3 amide bonds. The van der Waals surface area contributed by atoms with E-state index >= 15 is 0 Å². The molecule has 2 aromatic carbocycles. The zero-order chi connectivity index (χ0) is 18.9. The molecule has 0 aliphatic carbocycles. The van der Waals surface area contributed by atoms with Gasteiger partial charge in [-0.1, -0.05) is 24.3 Å². The molecule has 2 aromatic rings. The standard InChI is InChI=1S/C19H21F2N3O2/c1-13-6-7-15(12-17(13)21)18(25)22-10-11-24-19(26)23-9-8-14-4-2-3-5-16(14)20/h2-7,12H,8-11H2,1H3,(H,22,25)(H2,23,24,26). The van der Waals surface area contributed by atoms with Gasteiger partial charge in [0.15, 0.2) is 0 Å². The van der Waals surface area contributed by atoms with Gasteiger partial charge in [0.2, 0.25) is 0 Å². The van der Waals surface area contributed by atoms with Gasteiger partial charge in [0.05, 0.1) is 0 Å². The second-order valence-corrected chi connectivity index (χ2v) is 5.74. The van der Waals surface area contributed by atoms with Gasteiger partial charge in [0.25, 0.3) is 5.91 Å². The summed E-state index contributed by atoms with van der Waals surface area (Å²) in [6.45, 7) is 2.33. The second kappa shape index (κ2) is 9.50. The molecule has 0 fully saturated rings. The normalized spacial score (nSPS) is 10.3. The van der Waals surface area contributed by atoms with E-state index in [1.807, 2.05) is 0 Å². The van der Waals surface area contributed by atoms with Gasteiger partial charge in [-0.25, -0.2) is 13.6 Å². The average Bonchev–Trinajstić information content (AvgIpc) is 2.62. The Bertz CT molecular complexity index is 781. The second-order valence-electron chi connectivity index (χ2n) is 5.74. The summed E-state index contributed by atoms with van der Waals surface area (Å²) in [6.07, 6.45) is 0.385. The molecule has 0 aliphatic rings. The number of amides is 3. The molecule has 138 valence electrons. The van der Waals surface area contributed by atoms with Crippen LogP contribution >= 0.6 is 0 Å². The fourth-order valence-electron chi connectivity index (χ4n) is 2.26. The van der Waals surface area contributed by atoms with Crippen LogP contribution in [0.4, 0.5) is 13.6 Å². The van der Waals surface area contributed by atoms with Gasteiger partial charge in [-0.05, 0) is 42.7 Å². The Kier molecular flexibility index (Phi) is 7.08. The van der Waals surface area contributed by atoms with Crippen molar-refractivity contribution in [1.29, 1.82) is 0 Å². The van der Waals surface area contributed by atoms with E-state index in [1.165, 1.54) is 24.3 Å². The summed E-state index contributed by atoms with van der Waals surface area (Å²) in [5.41, 5.74) is 1.23. The molecule has 0 atom stereocenters. The first-order chi connectivity index (χ1) is 12.5. The highest BCUT2D eigenvalue weighted by molar-refractivity contribution is 5.94. The molecule has 26 heavy (non-hydrogen) atoms. The van der Waals surface area contributed by atoms with Gasteiger partial charge in [-0.15, -0.1) is 0 Å². The number of rotatable bonds is 7. The summed E-state index contributed by atoms with van der Waals surface area (Å²) in [5.74, 6) is -1.15. The molecule has 5 nitrogen and oxygen atoms in total. The fraction of sp³-hybridized carbons (Fsp3) is 0.263. The van der Waals surface area contributed by atoms with Crippen LogP contribution in [0.25, 0.3) is 0 Å². The van der Waals surface area contributed by atoms with Crippen LogP contribution in [-0.2, 0) is 6.42 Å². The minimum Gasteiger partial charge on any atom is -0.350 e. The summed E-state index contributed by atoms with van der Waals surface area (Å²) in [4.78, 5) is 23.5. The van der Waals surface area contributed by atoms with E-state index in [2.05, 4.69) is 16.0 Å². The molecular formula is C19H21F2N3O2. The van der Waals surface area contributed by atoms with E-state index in [4.69, 9.17) is 0 Å². The predicted octanol–water partition coefficient (Wildman–Crippen LogP) is 2.54. The SMILES string of the molecule is Cc1ccc(C(=O)NCCNC(=O)NCCc2ccccc2F)cc1F. The maximum absolute atomic E-state index is 13.4. The van der Waals surface area contributed by atoms with E-state index in [1.54, 1.807) is 25.1 Å². The van der Waals surface area contributed by atoms with Crippen LogP contribution in [0.15, 0.2) is 42.5 Å². The quantitative estimate of drug-likeness (QED) is 0.664. The van der Waals surface area contributed by atoms with Gasteiger partial charge in [-0.3, -0.25) is 4.79 Å². The summed E-state index contributed by atoms with van der Waals surface area (Å²) in [6, 6.07) is 10.2. The molecule has 0 unspecified atom stereocenters. The molecule has 2 rings (SSSR count). The van der Waals surface area contributed by atoms with Crippen molar-refractivity contribution in [3.8, 4) is 0 Å². The number of carbonyl (C=O) groups is 2. The molecule has 7 heteroatoms. The first-order valence-corrected chi connectivity index (χ1v) is 8.27. The Balaban J connectivity index is 1.63. The Morgan fingerprint density at radius 3 is 2.31 bits per heavy atom. The first-order valence-electron chi connectivity index (χ1n) is 8.27. The third-order valence-corrected chi connectivity index (χ3v) is 3.77. The lowest BCUT2D eigenvalue weighted by Crippen LogP contribution is -2.41. The number of hydrogen-bond acceptors (Lipinski definition) is 2. The largest absolute Gasteiger partial charge is 0.350 e. The number of hydrogen-bond donors (Lipinski definition) is 3. The topological polar surface area (TPSA) is 70.2 Å². The van der Waals surface area contributed by atoms with Crippen LogP contribution in [0, 0.1) is 18.6 Å². The molecule has 0 saturated heterocycles. The number of carbonyl (C=O) groups excluding carboxylic acids is 2. The van der Waals surface area contributed by atoms with Crippen molar-refractivity contribution in [2.45, 2.75) is 13.3 Å². The molecule has 0 heterocycles. The van der Waals surface area contributed by atoms with Gasteiger partial charge >= 0.3 is 6.03 Å². The number of urea groups is 1. The van der Waals surface area contributed by atoms with Crippen molar-refractivity contribution in [2.75, 3.05) is 19.6 Å². The summed E-state index contributed by atoms with van der Waals surface area (Å²) in [5, 5.41) is 7.78. The Morgan fingerprint density at radius 2 is 1.58 bits per heavy atom. The Morgan fingerprint density at radius 1 is 0.885 bits per heavy atom. The molecule has 0 spiro atoms. The zero-order valence-electron chi connectivity index (χ0n) is 14.4. The minimum atomic E-state index is -0.440. The third kappa shape index (κ3) is 5.84. The molecule has 0 radical (unpaired) electrons. The van der Waals surface area contributed by atoms with Gasteiger partial charge in [0, 0.05) is 25.2 Å². The molecule has 0 bridgehead atoms. The molecule has 0 aliphatic heterocycles. The highest BCUT2D eigenvalue weighted by Crippen LogP contribution is 2.09. The van der Waals surface area contributed by atoms with Crippen LogP contribution in [0.3, 0.4) is 0 Å². The summed E-state index contributed by atoms with van der Waals surface area (Å²) < 4.78 is 26.9. The van der Waals surface area contributed by atoms with Crippen molar-refractivity contribution in [2.24, 2.45) is 0 Å². The van der Waals surface area contributed by atoms with Crippen molar-refractivity contribution in [3.05, 3.63) is 70.8 Å². The average molecular weight is 361 g/mol. The highest BCUT2D eigenvalue weighted by Gasteiger charge is 2.08. The van der Waals surface area contributed by atoms with Crippen molar-refractivity contribution >= 4 is 11.9 Å². The number of benzene rings is 2. The maximum Gasteiger partial charge on any atom is 0.314 e. The summed E-state index contributed by atoms with van der Waals surface area (Å²) >= 11 is 0. The molecule has 0 saturated carbocycles. The summed E-state index contributed by atoms with van der Waals surface area (Å²) in [7, 11) is 0. The highest BCUT2D eigenvalue weighted by atomic mass is 19.1. The number of aryl methyl sites for hydroxylation is 1. The molecule has 3 N–H and O–H groups in total. The van der Waals surface area contributed by atoms with Crippen molar-refractivity contribution in [1.82, 2.24) is 16.0 Å². The van der Waals surface area contributed by atoms with Crippen LogP contribution in [-0.4, -0.2) is 31.6 Å². The van der Waals surface area contributed by atoms with Gasteiger partial charge < -0.3 is 16.0 Å². The van der Waals surface area contributed by atoms with E-state index in [9.17, 15) is 18.4 Å². The lowest BCUT2D eigenvalue weighted by molar-refractivity contribution is 0.0953. The van der Waals surface area contributed by atoms with Gasteiger partial charge in [-0.2, -0.15) is 0 Å². The lowest BCUT2D eigenvalue weighted by atomic mass is 10.1. The zero-order valence-corrected chi connectivity index (χ0v) is 14.4. The molecular weight excluding hydrogens is 340 g/mol. The third-order valence-electron chi connectivity index (χ3n) is 3.77. The van der Waals surface area contributed by atoms with E-state index in [-0.39, 0.29) is 24.5 Å². The van der Waals surface area contributed by atoms with Crippen molar-refractivity contribution < 1.29 is 18.4 Å². The fourth-order valence-corrected chi connectivity index (χ4v) is 2.26. The van der Waals surface area contributed by atoms with Crippen LogP contribution in [0.5, 0.6) is 0 Å². The number of halogens is 2. The van der Waals surface area contributed by atoms with Crippen LogP contribution in [0.2, 0.25) is 0 Å². The Labute approximate surface area is 150 Å². The maximum atomic E-state index is 13.4. The lowest BCUT2D eigenvalue weighted by Gasteiger charge is -2.09. The Hall–Kier alpha value is -2.96. The van der Waals surface area contributed by atoms with Crippen molar-refractivity contribution in [3.63, 3.8) is 0 Å². The van der Waals surface area contributed by atoms with Crippen LogP contribution < -0.4 is 16.0 Å². The first kappa shape index (κ1) is 19.4.